The van der Waals surface area contributed by atoms with Crippen LogP contribution in [0.2, 0.25) is 0 Å². The Hall–Kier alpha value is -1.45. The van der Waals surface area contributed by atoms with Gasteiger partial charge in [0.2, 0.25) is 12.3 Å². The van der Waals surface area contributed by atoms with Crippen LogP contribution in [0.25, 0.3) is 0 Å². The summed E-state index contributed by atoms with van der Waals surface area (Å²) < 4.78 is 25.2. The quantitative estimate of drug-likeness (QED) is 0.887. The van der Waals surface area contributed by atoms with Crippen molar-refractivity contribution in [3.05, 3.63) is 35.9 Å². The van der Waals surface area contributed by atoms with E-state index in [1.165, 1.54) is 5.56 Å². The minimum atomic E-state index is -2.21. The Morgan fingerprint density at radius 2 is 1.91 bits per heavy atom. The van der Waals surface area contributed by atoms with Crippen LogP contribution in [-0.4, -0.2) is 12.3 Å². The molecule has 2 nitrogen and oxygen atoms in total. The molecular formula is C19H21F2NO. The van der Waals surface area contributed by atoms with Gasteiger partial charge in [-0.1, -0.05) is 30.3 Å². The van der Waals surface area contributed by atoms with E-state index in [9.17, 15) is 13.6 Å². The van der Waals surface area contributed by atoms with Crippen LogP contribution < -0.4 is 5.73 Å². The molecule has 23 heavy (non-hydrogen) atoms. The molecule has 122 valence electrons. The molecule has 6 unspecified atom stereocenters. The number of benzene rings is 1. The molecule has 0 aromatic heterocycles. The number of primary amides is 1. The van der Waals surface area contributed by atoms with Gasteiger partial charge in [-0.25, -0.2) is 8.78 Å². The number of halogens is 2. The number of carbonyl (C=O) groups excluding carboxylic acids is 1. The molecule has 4 saturated carbocycles. The summed E-state index contributed by atoms with van der Waals surface area (Å²) >= 11 is 0. The fraction of sp³-hybridized carbons (Fsp3) is 0.632. The third-order valence-corrected chi connectivity index (χ3v) is 8.04. The number of amides is 1. The van der Waals surface area contributed by atoms with Crippen LogP contribution in [0.4, 0.5) is 8.78 Å². The van der Waals surface area contributed by atoms with Crippen molar-refractivity contribution >= 4 is 5.91 Å². The summed E-state index contributed by atoms with van der Waals surface area (Å²) in [6.07, 6.45) is 1.14. The highest BCUT2D eigenvalue weighted by atomic mass is 19.3. The summed E-state index contributed by atoms with van der Waals surface area (Å²) in [5.74, 6) is 1.09. The van der Waals surface area contributed by atoms with Crippen molar-refractivity contribution < 1.29 is 13.6 Å². The van der Waals surface area contributed by atoms with Gasteiger partial charge >= 0.3 is 0 Å². The number of rotatable bonds is 5. The van der Waals surface area contributed by atoms with Crippen molar-refractivity contribution in [2.45, 2.75) is 43.9 Å². The minimum absolute atomic E-state index is 0.00431. The molecule has 4 heteroatoms. The zero-order valence-corrected chi connectivity index (χ0v) is 13.0. The summed E-state index contributed by atoms with van der Waals surface area (Å²) in [7, 11) is 0. The second-order valence-electron chi connectivity index (χ2n) is 8.19. The van der Waals surface area contributed by atoms with Gasteiger partial charge in [-0.2, -0.15) is 0 Å². The molecular weight excluding hydrogens is 296 g/mol. The number of alkyl halides is 2. The highest BCUT2D eigenvalue weighted by Gasteiger charge is 2.97. The molecule has 4 aliphatic rings. The maximum Gasteiger partial charge on any atom is 0.238 e. The maximum absolute atomic E-state index is 12.6. The van der Waals surface area contributed by atoms with Crippen molar-refractivity contribution in [1.82, 2.24) is 0 Å². The summed E-state index contributed by atoms with van der Waals surface area (Å²) in [4.78, 5) is 12.2. The molecule has 4 fully saturated rings. The van der Waals surface area contributed by atoms with Gasteiger partial charge in [0.15, 0.2) is 0 Å². The first-order valence-corrected chi connectivity index (χ1v) is 8.63. The fourth-order valence-electron chi connectivity index (χ4n) is 7.61. The second-order valence-corrected chi connectivity index (χ2v) is 8.19. The molecule has 6 atom stereocenters. The normalized spacial score (nSPS) is 48.2. The van der Waals surface area contributed by atoms with E-state index in [1.54, 1.807) is 0 Å². The first-order chi connectivity index (χ1) is 11.0. The topological polar surface area (TPSA) is 43.1 Å². The average molecular weight is 317 g/mol. The highest BCUT2D eigenvalue weighted by molar-refractivity contribution is 5.88. The Bertz CT molecular complexity index is 684. The molecule has 0 aliphatic heterocycles. The van der Waals surface area contributed by atoms with Gasteiger partial charge in [-0.3, -0.25) is 4.79 Å². The van der Waals surface area contributed by atoms with Crippen LogP contribution >= 0.6 is 0 Å². The van der Waals surface area contributed by atoms with E-state index in [0.717, 1.165) is 19.3 Å². The minimum Gasteiger partial charge on any atom is -0.369 e. The van der Waals surface area contributed by atoms with E-state index in [-0.39, 0.29) is 28.6 Å². The Morgan fingerprint density at radius 3 is 2.52 bits per heavy atom. The lowest BCUT2D eigenvalue weighted by atomic mass is 9.05. The molecule has 2 N–H and O–H groups in total. The van der Waals surface area contributed by atoms with Crippen LogP contribution in [0.5, 0.6) is 0 Å². The summed E-state index contributed by atoms with van der Waals surface area (Å²) in [6.45, 7) is 0. The van der Waals surface area contributed by atoms with E-state index < -0.39 is 6.43 Å². The molecule has 1 amide bonds. The second kappa shape index (κ2) is 3.96. The Kier molecular flexibility index (Phi) is 2.40. The van der Waals surface area contributed by atoms with Gasteiger partial charge < -0.3 is 5.73 Å². The molecule has 0 saturated heterocycles. The van der Waals surface area contributed by atoms with E-state index in [2.05, 4.69) is 24.3 Å². The van der Waals surface area contributed by atoms with Gasteiger partial charge in [-0.05, 0) is 49.0 Å². The van der Waals surface area contributed by atoms with Crippen LogP contribution in [0.15, 0.2) is 30.3 Å². The van der Waals surface area contributed by atoms with Gasteiger partial charge in [0.05, 0.1) is 5.41 Å². The van der Waals surface area contributed by atoms with E-state index >= 15 is 0 Å². The lowest BCUT2D eigenvalue weighted by Gasteiger charge is -2.97. The first kappa shape index (κ1) is 13.9. The monoisotopic (exact) mass is 317 g/mol. The smallest absolute Gasteiger partial charge is 0.238 e. The van der Waals surface area contributed by atoms with Crippen LogP contribution in [0.1, 0.15) is 37.7 Å². The largest absolute Gasteiger partial charge is 0.369 e. The maximum atomic E-state index is 12.6. The van der Waals surface area contributed by atoms with Crippen molar-refractivity contribution in [2.75, 3.05) is 0 Å². The van der Waals surface area contributed by atoms with Crippen molar-refractivity contribution in [3.63, 3.8) is 0 Å². The van der Waals surface area contributed by atoms with Crippen molar-refractivity contribution in [1.29, 1.82) is 0 Å². The summed E-state index contributed by atoms with van der Waals surface area (Å²) in [5, 5.41) is 0. The predicted octanol–water partition coefficient (Wildman–Crippen LogP) is 3.50. The highest BCUT2D eigenvalue weighted by Crippen LogP contribution is 2.98. The zero-order chi connectivity index (χ0) is 16.0. The molecule has 0 radical (unpaired) electrons. The molecule has 1 aromatic rings. The third-order valence-electron chi connectivity index (χ3n) is 8.04. The number of hydrogen-bond donors (Lipinski definition) is 1. The van der Waals surface area contributed by atoms with Gasteiger partial charge in [-0.15, -0.1) is 0 Å². The SMILES string of the molecule is NC(=O)C12CC3C(CCC(F)F)C4CC(c5ccccc5)(C1)C342. The number of carbonyl (C=O) groups is 1. The van der Waals surface area contributed by atoms with Gasteiger partial charge in [0.1, 0.15) is 0 Å². The average Bonchev–Trinajstić information content (AvgIpc) is 2.45. The van der Waals surface area contributed by atoms with E-state index in [4.69, 9.17) is 5.73 Å². The lowest BCUT2D eigenvalue weighted by Crippen LogP contribution is -2.96. The van der Waals surface area contributed by atoms with E-state index in [1.807, 2.05) is 6.07 Å². The van der Waals surface area contributed by atoms with Crippen LogP contribution in [0, 0.1) is 28.6 Å². The van der Waals surface area contributed by atoms with Crippen molar-refractivity contribution in [3.8, 4) is 0 Å². The Morgan fingerprint density at radius 1 is 1.22 bits per heavy atom. The molecule has 5 rings (SSSR count). The molecule has 1 aromatic carbocycles. The third kappa shape index (κ3) is 1.18. The molecule has 0 bridgehead atoms. The van der Waals surface area contributed by atoms with Gasteiger partial charge in [0, 0.05) is 17.3 Å². The van der Waals surface area contributed by atoms with Crippen LogP contribution in [0.3, 0.4) is 0 Å². The predicted molar refractivity (Wildman–Crippen MR) is 81.7 cm³/mol. The Labute approximate surface area is 134 Å². The first-order valence-electron chi connectivity index (χ1n) is 8.63. The van der Waals surface area contributed by atoms with Gasteiger partial charge in [0.25, 0.3) is 0 Å². The fourth-order valence-corrected chi connectivity index (χ4v) is 7.61. The van der Waals surface area contributed by atoms with Crippen molar-refractivity contribution in [2.24, 2.45) is 34.3 Å². The number of nitrogens with two attached hydrogens (primary N) is 1. The molecule has 1 spiro atoms. The summed E-state index contributed by atoms with van der Waals surface area (Å²) in [6, 6.07) is 10.5. The summed E-state index contributed by atoms with van der Waals surface area (Å²) in [5.41, 5.74) is 6.88. The lowest BCUT2D eigenvalue weighted by molar-refractivity contribution is -0.458. The molecule has 4 aliphatic carbocycles. The number of hydrogen-bond acceptors (Lipinski definition) is 1. The van der Waals surface area contributed by atoms with Crippen LogP contribution in [-0.2, 0) is 10.2 Å². The zero-order valence-electron chi connectivity index (χ0n) is 13.0. The molecule has 0 heterocycles. The standard InChI is InChI=1S/C19H21F2NO/c20-15(21)7-6-12-13-8-17(11-4-2-1-3-5-11)10-18(16(22)23)9-14(12)19(13,17)18/h1-5,12-15H,6-10H2,(H2,22,23). The Balaban J connectivity index is 1.48. The van der Waals surface area contributed by atoms with E-state index in [0.29, 0.717) is 24.2 Å².